The van der Waals surface area contributed by atoms with E-state index in [1.54, 1.807) is 0 Å². The van der Waals surface area contributed by atoms with E-state index in [4.69, 9.17) is 9.40 Å². The van der Waals surface area contributed by atoms with E-state index >= 15 is 0 Å². The van der Waals surface area contributed by atoms with E-state index in [0.29, 0.717) is 11.8 Å². The summed E-state index contributed by atoms with van der Waals surface area (Å²) < 4.78 is 6.10. The van der Waals surface area contributed by atoms with Crippen molar-refractivity contribution in [3.63, 3.8) is 0 Å². The van der Waals surface area contributed by atoms with Gasteiger partial charge in [0.1, 0.15) is 11.3 Å². The fourth-order valence-corrected chi connectivity index (χ4v) is 3.16. The van der Waals surface area contributed by atoms with Gasteiger partial charge in [-0.3, -0.25) is 5.01 Å². The molecule has 104 valence electrons. The van der Waals surface area contributed by atoms with Crippen molar-refractivity contribution in [2.24, 2.45) is 16.9 Å². The van der Waals surface area contributed by atoms with Crippen LogP contribution in [0.1, 0.15) is 51.5 Å². The number of rotatable bonds is 1. The molecule has 3 rings (SSSR count). The highest BCUT2D eigenvalue weighted by molar-refractivity contribution is 5.84. The lowest BCUT2D eigenvalue weighted by Crippen LogP contribution is -2.34. The first-order valence-electron chi connectivity index (χ1n) is 7.17. The topological polar surface area (TPSA) is 41.6 Å². The van der Waals surface area contributed by atoms with Gasteiger partial charge in [0, 0.05) is 25.6 Å². The average Bonchev–Trinajstić information content (AvgIpc) is 2.82. The highest BCUT2D eigenvalue weighted by atomic mass is 16.4. The van der Waals surface area contributed by atoms with Crippen LogP contribution in [0, 0.1) is 11.8 Å². The molecule has 0 N–H and O–H groups in total. The van der Waals surface area contributed by atoms with Crippen LogP contribution in [0.25, 0.3) is 0 Å². The molecule has 4 heteroatoms. The Morgan fingerprint density at radius 3 is 2.58 bits per heavy atom. The molecule has 0 aromatic carbocycles. The molecule has 3 atom stereocenters. The van der Waals surface area contributed by atoms with Gasteiger partial charge < -0.3 is 4.42 Å². The lowest BCUT2D eigenvalue weighted by Gasteiger charge is -2.27. The van der Waals surface area contributed by atoms with E-state index in [2.05, 4.69) is 32.8 Å². The summed E-state index contributed by atoms with van der Waals surface area (Å²) in [5, 5.41) is 6.50. The van der Waals surface area contributed by atoms with Crippen LogP contribution in [0.5, 0.6) is 0 Å². The SMILES string of the molecule is CC1=NN(C)C(C)(c2nc3c(o2)CC(C)C(C)C3)C1. The minimum Gasteiger partial charge on any atom is -0.443 e. The maximum atomic E-state index is 6.10. The first-order chi connectivity index (χ1) is 8.90. The van der Waals surface area contributed by atoms with Gasteiger partial charge in [0.2, 0.25) is 5.89 Å². The Bertz CT molecular complexity index is 506. The maximum absolute atomic E-state index is 6.10. The van der Waals surface area contributed by atoms with Crippen LogP contribution in [0.4, 0.5) is 0 Å². The smallest absolute Gasteiger partial charge is 0.222 e. The first kappa shape index (κ1) is 12.7. The lowest BCUT2D eigenvalue weighted by atomic mass is 9.83. The molecule has 3 unspecified atom stereocenters. The maximum Gasteiger partial charge on any atom is 0.222 e. The fraction of sp³-hybridized carbons (Fsp3) is 0.733. The lowest BCUT2D eigenvalue weighted by molar-refractivity contribution is 0.133. The predicted octanol–water partition coefficient (Wildman–Crippen LogP) is 2.97. The molecular weight excluding hydrogens is 238 g/mol. The molecule has 2 aliphatic rings. The molecule has 0 bridgehead atoms. The zero-order valence-electron chi connectivity index (χ0n) is 12.5. The van der Waals surface area contributed by atoms with E-state index in [9.17, 15) is 0 Å². The van der Waals surface area contributed by atoms with E-state index < -0.39 is 0 Å². The molecule has 19 heavy (non-hydrogen) atoms. The van der Waals surface area contributed by atoms with Crippen LogP contribution in [0.15, 0.2) is 9.52 Å². The van der Waals surface area contributed by atoms with Gasteiger partial charge in [0.05, 0.1) is 5.69 Å². The van der Waals surface area contributed by atoms with Crippen LogP contribution in [-0.4, -0.2) is 22.8 Å². The molecule has 0 amide bonds. The molecular formula is C15H23N3O. The third kappa shape index (κ3) is 1.88. The number of aromatic nitrogens is 1. The van der Waals surface area contributed by atoms with Crippen molar-refractivity contribution in [2.75, 3.05) is 7.05 Å². The minimum atomic E-state index is -0.214. The molecule has 0 saturated heterocycles. The van der Waals surface area contributed by atoms with Crippen molar-refractivity contribution in [3.05, 3.63) is 17.3 Å². The van der Waals surface area contributed by atoms with E-state index in [1.165, 1.54) is 5.69 Å². The third-order valence-corrected chi connectivity index (χ3v) is 4.87. The molecule has 4 nitrogen and oxygen atoms in total. The van der Waals surface area contributed by atoms with Crippen LogP contribution in [0.3, 0.4) is 0 Å². The Morgan fingerprint density at radius 1 is 1.26 bits per heavy atom. The molecule has 0 spiro atoms. The molecule has 1 aliphatic carbocycles. The summed E-state index contributed by atoms with van der Waals surface area (Å²) in [5.74, 6) is 3.31. The summed E-state index contributed by atoms with van der Waals surface area (Å²) >= 11 is 0. The van der Waals surface area contributed by atoms with E-state index in [-0.39, 0.29) is 5.54 Å². The summed E-state index contributed by atoms with van der Waals surface area (Å²) in [5.41, 5.74) is 2.09. The number of oxazole rings is 1. The van der Waals surface area contributed by atoms with Gasteiger partial charge in [-0.2, -0.15) is 5.10 Å². The van der Waals surface area contributed by atoms with Crippen LogP contribution >= 0.6 is 0 Å². The Hall–Kier alpha value is -1.32. The van der Waals surface area contributed by atoms with Crippen molar-refractivity contribution in [2.45, 2.75) is 52.5 Å². The molecule has 0 fully saturated rings. The zero-order valence-corrected chi connectivity index (χ0v) is 12.5. The summed E-state index contributed by atoms with van der Waals surface area (Å²) in [4.78, 5) is 4.79. The molecule has 2 heterocycles. The normalized spacial score (nSPS) is 34.4. The Morgan fingerprint density at radius 2 is 1.95 bits per heavy atom. The number of fused-ring (bicyclic) bond motifs is 1. The average molecular weight is 261 g/mol. The van der Waals surface area contributed by atoms with Crippen LogP contribution in [-0.2, 0) is 18.4 Å². The summed E-state index contributed by atoms with van der Waals surface area (Å²) in [6, 6.07) is 0. The largest absolute Gasteiger partial charge is 0.443 e. The number of hydrogen-bond donors (Lipinski definition) is 0. The Kier molecular flexibility index (Phi) is 2.73. The van der Waals surface area contributed by atoms with E-state index in [1.807, 2.05) is 12.1 Å². The summed E-state index contributed by atoms with van der Waals surface area (Å²) in [6.07, 6.45) is 2.96. The van der Waals surface area contributed by atoms with Crippen molar-refractivity contribution in [1.29, 1.82) is 0 Å². The fourth-order valence-electron chi connectivity index (χ4n) is 3.16. The van der Waals surface area contributed by atoms with Crippen LogP contribution < -0.4 is 0 Å². The van der Waals surface area contributed by atoms with Crippen molar-refractivity contribution >= 4 is 5.71 Å². The van der Waals surface area contributed by atoms with E-state index in [0.717, 1.165) is 36.6 Å². The predicted molar refractivity (Wildman–Crippen MR) is 75.1 cm³/mol. The molecule has 0 radical (unpaired) electrons. The van der Waals surface area contributed by atoms with Crippen molar-refractivity contribution in [3.8, 4) is 0 Å². The second-order valence-electron chi connectivity index (χ2n) is 6.56. The summed E-state index contributed by atoms with van der Waals surface area (Å²) in [7, 11) is 2.00. The van der Waals surface area contributed by atoms with Gasteiger partial charge in [-0.15, -0.1) is 0 Å². The van der Waals surface area contributed by atoms with Gasteiger partial charge >= 0.3 is 0 Å². The molecule has 1 aliphatic heterocycles. The van der Waals surface area contributed by atoms with Gasteiger partial charge in [0.15, 0.2) is 0 Å². The quantitative estimate of drug-likeness (QED) is 0.780. The Labute approximate surface area is 114 Å². The van der Waals surface area contributed by atoms with Gasteiger partial charge in [-0.05, 0) is 32.1 Å². The van der Waals surface area contributed by atoms with Crippen molar-refractivity contribution < 1.29 is 4.42 Å². The van der Waals surface area contributed by atoms with Gasteiger partial charge in [0.25, 0.3) is 0 Å². The van der Waals surface area contributed by atoms with Gasteiger partial charge in [-0.1, -0.05) is 13.8 Å². The highest BCUT2D eigenvalue weighted by Crippen LogP contribution is 2.38. The third-order valence-electron chi connectivity index (χ3n) is 4.87. The minimum absolute atomic E-state index is 0.214. The summed E-state index contributed by atoms with van der Waals surface area (Å²) in [6.45, 7) is 8.83. The Balaban J connectivity index is 1.94. The highest BCUT2D eigenvalue weighted by Gasteiger charge is 2.42. The molecule has 1 aromatic heterocycles. The molecule has 1 aromatic rings. The first-order valence-corrected chi connectivity index (χ1v) is 7.17. The number of hydrogen-bond acceptors (Lipinski definition) is 4. The van der Waals surface area contributed by atoms with Gasteiger partial charge in [-0.25, -0.2) is 4.98 Å². The zero-order chi connectivity index (χ0) is 13.8. The van der Waals surface area contributed by atoms with Crippen molar-refractivity contribution in [1.82, 2.24) is 9.99 Å². The second-order valence-corrected chi connectivity index (χ2v) is 6.56. The molecule has 0 saturated carbocycles. The number of hydrazone groups is 1. The second kappa shape index (κ2) is 4.09. The van der Waals surface area contributed by atoms with Crippen LogP contribution in [0.2, 0.25) is 0 Å². The monoisotopic (exact) mass is 261 g/mol. The number of nitrogens with zero attached hydrogens (tertiary/aromatic N) is 3. The standard InChI is InChI=1S/C15H23N3O/c1-9-6-12-13(7-10(9)2)19-14(16-12)15(4)8-11(3)17-18(15)5/h9-10H,6-8H2,1-5H3.